The molecule has 0 saturated carbocycles. The van der Waals surface area contributed by atoms with Crippen LogP contribution in [0.25, 0.3) is 0 Å². The van der Waals surface area contributed by atoms with Gasteiger partial charge in [0.2, 0.25) is 5.91 Å². The highest BCUT2D eigenvalue weighted by atomic mass is 16.3. The van der Waals surface area contributed by atoms with Gasteiger partial charge in [0.25, 0.3) is 0 Å². The molecule has 2 atom stereocenters. The Balaban J connectivity index is 3.82. The number of aliphatic hydroxyl groups excluding tert-OH is 2. The zero-order valence-electron chi connectivity index (χ0n) is 9.99. The number of likely N-dealkylation sites (N-methyl/N-ethyl adjacent to an activating group) is 1. The summed E-state index contributed by atoms with van der Waals surface area (Å²) in [6, 6.07) is -0.251. The predicted octanol–water partition coefficient (Wildman–Crippen LogP) is -1.96. The van der Waals surface area contributed by atoms with E-state index in [9.17, 15) is 4.79 Å². The molecule has 0 rings (SSSR count). The summed E-state index contributed by atoms with van der Waals surface area (Å²) < 4.78 is 0. The van der Waals surface area contributed by atoms with E-state index in [0.29, 0.717) is 0 Å². The minimum Gasteiger partial charge on any atom is -0.394 e. The Labute approximate surface area is 96.4 Å². The third-order valence-corrected chi connectivity index (χ3v) is 2.31. The largest absolute Gasteiger partial charge is 0.394 e. The van der Waals surface area contributed by atoms with Gasteiger partial charge in [-0.15, -0.1) is 0 Å². The number of carbonyl (C=O) groups excluding carboxylic acids is 1. The van der Waals surface area contributed by atoms with Crippen LogP contribution in [0.4, 0.5) is 0 Å². The van der Waals surface area contributed by atoms with Crippen molar-refractivity contribution in [2.24, 2.45) is 0 Å². The van der Waals surface area contributed by atoms with Gasteiger partial charge in [-0.1, -0.05) is 0 Å². The number of aliphatic hydroxyl groups is 2. The van der Waals surface area contributed by atoms with Gasteiger partial charge in [-0.25, -0.2) is 0 Å². The first-order valence-electron chi connectivity index (χ1n) is 5.54. The van der Waals surface area contributed by atoms with Gasteiger partial charge in [0.15, 0.2) is 0 Å². The summed E-state index contributed by atoms with van der Waals surface area (Å²) in [5.74, 6) is -0.147. The quantitative estimate of drug-likeness (QED) is 0.298. The van der Waals surface area contributed by atoms with Crippen molar-refractivity contribution in [1.82, 2.24) is 16.0 Å². The van der Waals surface area contributed by atoms with E-state index < -0.39 is 6.10 Å². The molecule has 0 aliphatic heterocycles. The van der Waals surface area contributed by atoms with Gasteiger partial charge in [0.1, 0.15) is 0 Å². The number of carbonyl (C=O) groups is 1. The van der Waals surface area contributed by atoms with Crippen LogP contribution in [-0.4, -0.2) is 62.1 Å². The third kappa shape index (κ3) is 6.73. The Hall–Kier alpha value is -0.690. The van der Waals surface area contributed by atoms with Crippen molar-refractivity contribution < 1.29 is 15.0 Å². The Morgan fingerprint density at radius 1 is 1.38 bits per heavy atom. The lowest BCUT2D eigenvalue weighted by atomic mass is 10.1. The van der Waals surface area contributed by atoms with Crippen LogP contribution in [0.3, 0.4) is 0 Å². The summed E-state index contributed by atoms with van der Waals surface area (Å²) >= 11 is 0. The van der Waals surface area contributed by atoms with E-state index >= 15 is 0 Å². The molecule has 0 aromatic rings. The lowest BCUT2D eigenvalue weighted by Gasteiger charge is -2.17. The fraction of sp³-hybridized carbons (Fsp3) is 0.900. The minimum atomic E-state index is -0.890. The van der Waals surface area contributed by atoms with Crippen LogP contribution >= 0.6 is 0 Å². The van der Waals surface area contributed by atoms with Crippen LogP contribution in [0.15, 0.2) is 0 Å². The molecule has 0 radical (unpaired) electrons. The highest BCUT2D eigenvalue weighted by Crippen LogP contribution is 1.96. The molecule has 0 fully saturated rings. The van der Waals surface area contributed by atoms with Crippen molar-refractivity contribution in [2.75, 3.05) is 33.8 Å². The van der Waals surface area contributed by atoms with E-state index in [1.807, 2.05) is 7.05 Å². The molecule has 0 aromatic heterocycles. The molecule has 1 unspecified atom stereocenters. The number of rotatable bonds is 9. The molecule has 6 heteroatoms. The van der Waals surface area contributed by atoms with Crippen LogP contribution in [0.5, 0.6) is 0 Å². The predicted molar refractivity (Wildman–Crippen MR) is 62.1 cm³/mol. The zero-order chi connectivity index (χ0) is 12.4. The maximum absolute atomic E-state index is 11.6. The molecule has 0 spiro atoms. The highest BCUT2D eigenvalue weighted by Gasteiger charge is 2.16. The summed E-state index contributed by atoms with van der Waals surface area (Å²) in [5, 5.41) is 26.2. The van der Waals surface area contributed by atoms with Crippen molar-refractivity contribution in [1.29, 1.82) is 0 Å². The van der Waals surface area contributed by atoms with Crippen LogP contribution < -0.4 is 16.0 Å². The Morgan fingerprint density at radius 3 is 2.56 bits per heavy atom. The Morgan fingerprint density at radius 2 is 2.06 bits per heavy atom. The van der Waals surface area contributed by atoms with E-state index in [2.05, 4.69) is 16.0 Å². The van der Waals surface area contributed by atoms with Gasteiger partial charge < -0.3 is 26.2 Å². The first-order valence-corrected chi connectivity index (χ1v) is 5.54. The smallest absolute Gasteiger partial charge is 0.237 e. The zero-order valence-corrected chi connectivity index (χ0v) is 9.99. The summed E-state index contributed by atoms with van der Waals surface area (Å²) in [4.78, 5) is 11.6. The average molecular weight is 233 g/mol. The molecule has 0 aliphatic rings. The Bertz CT molecular complexity index is 190. The van der Waals surface area contributed by atoms with Gasteiger partial charge >= 0.3 is 0 Å². The SMILES string of the molecule is CNCCC[C@H](NC)C(=O)NCC(O)CO. The molecule has 0 heterocycles. The average Bonchev–Trinajstić information content (AvgIpc) is 2.31. The molecule has 6 nitrogen and oxygen atoms in total. The lowest BCUT2D eigenvalue weighted by Crippen LogP contribution is -2.45. The molecule has 0 bridgehead atoms. The standard InChI is InChI=1S/C10H23N3O3/c1-11-5-3-4-9(12-2)10(16)13-6-8(15)7-14/h8-9,11-12,14-15H,3-7H2,1-2H3,(H,13,16)/t8?,9-/m0/s1. The van der Waals surface area contributed by atoms with Crippen LogP contribution in [0.2, 0.25) is 0 Å². The van der Waals surface area contributed by atoms with Crippen LogP contribution in [-0.2, 0) is 4.79 Å². The number of amides is 1. The van der Waals surface area contributed by atoms with Gasteiger partial charge in [-0.2, -0.15) is 0 Å². The summed E-state index contributed by atoms with van der Waals surface area (Å²) in [5.41, 5.74) is 0. The molecule has 5 N–H and O–H groups in total. The summed E-state index contributed by atoms with van der Waals surface area (Å²) in [6.07, 6.45) is 0.745. The number of nitrogens with one attached hydrogen (secondary N) is 3. The van der Waals surface area contributed by atoms with Gasteiger partial charge in [-0.05, 0) is 33.5 Å². The van der Waals surface area contributed by atoms with Gasteiger partial charge in [0, 0.05) is 6.54 Å². The topological polar surface area (TPSA) is 93.6 Å². The number of hydrogen-bond acceptors (Lipinski definition) is 5. The molecule has 0 aliphatic carbocycles. The first-order chi connectivity index (χ1) is 7.65. The molecular formula is C10H23N3O3. The van der Waals surface area contributed by atoms with E-state index in [-0.39, 0.29) is 25.1 Å². The molecule has 96 valence electrons. The molecule has 0 saturated heterocycles. The maximum atomic E-state index is 11.6. The second-order valence-corrected chi connectivity index (χ2v) is 3.67. The normalized spacial score (nSPS) is 14.5. The fourth-order valence-electron chi connectivity index (χ4n) is 1.30. The van der Waals surface area contributed by atoms with Crippen molar-refractivity contribution in [3.8, 4) is 0 Å². The minimum absolute atomic E-state index is 0.0829. The van der Waals surface area contributed by atoms with Crippen molar-refractivity contribution in [3.05, 3.63) is 0 Å². The van der Waals surface area contributed by atoms with Gasteiger partial charge in [0.05, 0.1) is 18.8 Å². The molecule has 1 amide bonds. The second-order valence-electron chi connectivity index (χ2n) is 3.67. The van der Waals surface area contributed by atoms with Crippen LogP contribution in [0.1, 0.15) is 12.8 Å². The number of hydrogen-bond donors (Lipinski definition) is 5. The molecule has 16 heavy (non-hydrogen) atoms. The lowest BCUT2D eigenvalue weighted by molar-refractivity contribution is -0.123. The summed E-state index contributed by atoms with van der Waals surface area (Å²) in [6.45, 7) is 0.606. The van der Waals surface area contributed by atoms with Crippen molar-refractivity contribution >= 4 is 5.91 Å². The van der Waals surface area contributed by atoms with Crippen molar-refractivity contribution in [2.45, 2.75) is 25.0 Å². The molecular weight excluding hydrogens is 210 g/mol. The van der Waals surface area contributed by atoms with E-state index in [1.54, 1.807) is 7.05 Å². The third-order valence-electron chi connectivity index (χ3n) is 2.31. The van der Waals surface area contributed by atoms with E-state index in [1.165, 1.54) is 0 Å². The monoisotopic (exact) mass is 233 g/mol. The van der Waals surface area contributed by atoms with Crippen LogP contribution in [0, 0.1) is 0 Å². The fourth-order valence-corrected chi connectivity index (χ4v) is 1.30. The first kappa shape index (κ1) is 15.3. The van der Waals surface area contributed by atoms with Crippen molar-refractivity contribution in [3.63, 3.8) is 0 Å². The second kappa shape index (κ2) is 9.53. The summed E-state index contributed by atoms with van der Waals surface area (Å²) in [7, 11) is 3.60. The van der Waals surface area contributed by atoms with E-state index in [0.717, 1.165) is 19.4 Å². The van der Waals surface area contributed by atoms with E-state index in [4.69, 9.17) is 10.2 Å². The Kier molecular flexibility index (Phi) is 9.12. The highest BCUT2D eigenvalue weighted by molar-refractivity contribution is 5.81. The van der Waals surface area contributed by atoms with Gasteiger partial charge in [-0.3, -0.25) is 4.79 Å². The molecule has 0 aromatic carbocycles. The maximum Gasteiger partial charge on any atom is 0.237 e.